The van der Waals surface area contributed by atoms with Crippen molar-refractivity contribution < 1.29 is 0 Å². The molecule has 0 bridgehead atoms. The van der Waals surface area contributed by atoms with Crippen LogP contribution in [0.4, 0.5) is 0 Å². The minimum Gasteiger partial charge on any atom is -0.317 e. The van der Waals surface area contributed by atoms with Crippen LogP contribution in [0, 0.1) is 17.3 Å². The van der Waals surface area contributed by atoms with E-state index in [1.165, 1.54) is 51.9 Å². The molecule has 2 nitrogen and oxygen atoms in total. The molecule has 1 aliphatic carbocycles. The smallest absolute Gasteiger partial charge is 0.0126 e. The number of piperidine rings is 1. The third kappa shape index (κ3) is 3.48. The van der Waals surface area contributed by atoms with Crippen LogP contribution in [0.1, 0.15) is 53.4 Å². The fourth-order valence-corrected chi connectivity index (χ4v) is 4.24. The highest BCUT2D eigenvalue weighted by molar-refractivity contribution is 4.93. The summed E-state index contributed by atoms with van der Waals surface area (Å²) >= 11 is 0. The van der Waals surface area contributed by atoms with Crippen molar-refractivity contribution in [3.05, 3.63) is 0 Å². The number of hydrogen-bond acceptors (Lipinski definition) is 2. The Balaban J connectivity index is 1.91. The van der Waals surface area contributed by atoms with Crippen molar-refractivity contribution in [3.63, 3.8) is 0 Å². The number of nitrogens with one attached hydrogen (secondary N) is 1. The summed E-state index contributed by atoms with van der Waals surface area (Å²) in [5, 5.41) is 3.48. The van der Waals surface area contributed by atoms with Gasteiger partial charge in [-0.3, -0.25) is 0 Å². The van der Waals surface area contributed by atoms with Gasteiger partial charge >= 0.3 is 0 Å². The molecule has 18 heavy (non-hydrogen) atoms. The van der Waals surface area contributed by atoms with Crippen LogP contribution in [0.5, 0.6) is 0 Å². The van der Waals surface area contributed by atoms with E-state index in [0.29, 0.717) is 5.41 Å². The number of nitrogens with zero attached hydrogens (tertiary/aromatic N) is 1. The highest BCUT2D eigenvalue weighted by Gasteiger charge is 2.39. The van der Waals surface area contributed by atoms with Crippen molar-refractivity contribution in [1.29, 1.82) is 0 Å². The van der Waals surface area contributed by atoms with E-state index in [0.717, 1.165) is 17.9 Å². The van der Waals surface area contributed by atoms with Gasteiger partial charge in [-0.25, -0.2) is 0 Å². The van der Waals surface area contributed by atoms with Crippen molar-refractivity contribution in [3.8, 4) is 0 Å². The SMILES string of the molecule is CCN(CC1CCNCC1)C1CC(C)(C)CC1C. The second-order valence-corrected chi connectivity index (χ2v) is 7.40. The van der Waals surface area contributed by atoms with E-state index in [9.17, 15) is 0 Å². The van der Waals surface area contributed by atoms with Gasteiger partial charge in [0.2, 0.25) is 0 Å². The maximum atomic E-state index is 3.48. The van der Waals surface area contributed by atoms with Crippen molar-refractivity contribution in [2.75, 3.05) is 26.2 Å². The lowest BCUT2D eigenvalue weighted by Crippen LogP contribution is -2.42. The molecule has 2 rings (SSSR count). The molecule has 2 fully saturated rings. The molecular formula is C16H32N2. The van der Waals surface area contributed by atoms with Gasteiger partial charge in [-0.15, -0.1) is 0 Å². The van der Waals surface area contributed by atoms with Crippen molar-refractivity contribution >= 4 is 0 Å². The lowest BCUT2D eigenvalue weighted by molar-refractivity contribution is 0.133. The predicted molar refractivity (Wildman–Crippen MR) is 78.8 cm³/mol. The van der Waals surface area contributed by atoms with Crippen LogP contribution >= 0.6 is 0 Å². The first-order chi connectivity index (χ1) is 8.52. The molecule has 1 saturated heterocycles. The van der Waals surface area contributed by atoms with Gasteiger partial charge in [0.25, 0.3) is 0 Å². The van der Waals surface area contributed by atoms with E-state index < -0.39 is 0 Å². The summed E-state index contributed by atoms with van der Waals surface area (Å²) in [5.74, 6) is 1.81. The molecule has 0 amide bonds. The highest BCUT2D eigenvalue weighted by atomic mass is 15.2. The quantitative estimate of drug-likeness (QED) is 0.827. The lowest BCUT2D eigenvalue weighted by atomic mass is 9.91. The summed E-state index contributed by atoms with van der Waals surface area (Å²) in [7, 11) is 0. The molecule has 0 spiro atoms. The third-order valence-electron chi connectivity index (χ3n) is 5.12. The zero-order valence-corrected chi connectivity index (χ0v) is 12.8. The second kappa shape index (κ2) is 5.92. The molecule has 0 aromatic heterocycles. The molecule has 1 N–H and O–H groups in total. The first-order valence-corrected chi connectivity index (χ1v) is 7.96. The summed E-state index contributed by atoms with van der Waals surface area (Å²) < 4.78 is 0. The van der Waals surface area contributed by atoms with Crippen LogP contribution in [-0.4, -0.2) is 37.1 Å². The van der Waals surface area contributed by atoms with Gasteiger partial charge < -0.3 is 10.2 Å². The predicted octanol–water partition coefficient (Wildman–Crippen LogP) is 3.13. The second-order valence-electron chi connectivity index (χ2n) is 7.40. The Kier molecular flexibility index (Phi) is 4.71. The van der Waals surface area contributed by atoms with E-state index in [-0.39, 0.29) is 0 Å². The van der Waals surface area contributed by atoms with Gasteiger partial charge in [0.15, 0.2) is 0 Å². The van der Waals surface area contributed by atoms with Crippen molar-refractivity contribution in [1.82, 2.24) is 10.2 Å². The fraction of sp³-hybridized carbons (Fsp3) is 1.00. The van der Waals surface area contributed by atoms with Gasteiger partial charge in [0, 0.05) is 12.6 Å². The Morgan fingerprint density at radius 3 is 2.33 bits per heavy atom. The normalized spacial score (nSPS) is 33.2. The molecule has 2 atom stereocenters. The Labute approximate surface area is 114 Å². The first kappa shape index (κ1) is 14.3. The van der Waals surface area contributed by atoms with E-state index >= 15 is 0 Å². The number of hydrogen-bond donors (Lipinski definition) is 1. The zero-order valence-electron chi connectivity index (χ0n) is 12.8. The maximum Gasteiger partial charge on any atom is 0.0126 e. The van der Waals surface area contributed by atoms with Crippen LogP contribution in [0.25, 0.3) is 0 Å². The van der Waals surface area contributed by atoms with Gasteiger partial charge in [-0.2, -0.15) is 0 Å². The molecule has 106 valence electrons. The molecule has 1 saturated carbocycles. The average Bonchev–Trinajstić information content (AvgIpc) is 2.61. The summed E-state index contributed by atoms with van der Waals surface area (Å²) in [6.45, 7) is 14.7. The summed E-state index contributed by atoms with van der Waals surface area (Å²) in [6.07, 6.45) is 5.55. The third-order valence-corrected chi connectivity index (χ3v) is 5.12. The number of rotatable bonds is 4. The van der Waals surface area contributed by atoms with Crippen LogP contribution in [-0.2, 0) is 0 Å². The molecule has 0 radical (unpaired) electrons. The van der Waals surface area contributed by atoms with E-state index in [1.54, 1.807) is 0 Å². The Morgan fingerprint density at radius 1 is 1.17 bits per heavy atom. The Bertz CT molecular complexity index is 256. The van der Waals surface area contributed by atoms with Gasteiger partial charge in [-0.05, 0) is 62.6 Å². The van der Waals surface area contributed by atoms with Crippen LogP contribution in [0.15, 0.2) is 0 Å². The largest absolute Gasteiger partial charge is 0.317 e. The monoisotopic (exact) mass is 252 g/mol. The maximum absolute atomic E-state index is 3.48. The van der Waals surface area contributed by atoms with E-state index in [2.05, 4.69) is 37.9 Å². The fourth-order valence-electron chi connectivity index (χ4n) is 4.24. The van der Waals surface area contributed by atoms with E-state index in [1.807, 2.05) is 0 Å². The minimum absolute atomic E-state index is 0.561. The molecule has 1 heterocycles. The lowest BCUT2D eigenvalue weighted by Gasteiger charge is -2.35. The Morgan fingerprint density at radius 2 is 1.83 bits per heavy atom. The van der Waals surface area contributed by atoms with Crippen LogP contribution in [0.3, 0.4) is 0 Å². The van der Waals surface area contributed by atoms with Gasteiger partial charge in [0.05, 0.1) is 0 Å². The first-order valence-electron chi connectivity index (χ1n) is 7.96. The molecule has 0 aromatic carbocycles. The molecule has 1 aliphatic heterocycles. The highest BCUT2D eigenvalue weighted by Crippen LogP contribution is 2.43. The minimum atomic E-state index is 0.561. The topological polar surface area (TPSA) is 15.3 Å². The molecule has 2 heteroatoms. The summed E-state index contributed by atoms with van der Waals surface area (Å²) in [4.78, 5) is 2.79. The summed E-state index contributed by atoms with van der Waals surface area (Å²) in [5.41, 5.74) is 0.561. The van der Waals surface area contributed by atoms with Crippen LogP contribution in [0.2, 0.25) is 0 Å². The van der Waals surface area contributed by atoms with Gasteiger partial charge in [0.1, 0.15) is 0 Å². The molecular weight excluding hydrogens is 220 g/mol. The standard InChI is InChI=1S/C16H32N2/c1-5-18(12-14-6-8-17-9-7-14)15-11-16(3,4)10-13(15)2/h13-15,17H,5-12H2,1-4H3. The molecule has 0 aromatic rings. The zero-order chi connectivity index (χ0) is 13.2. The van der Waals surface area contributed by atoms with Gasteiger partial charge in [-0.1, -0.05) is 27.7 Å². The van der Waals surface area contributed by atoms with E-state index in [4.69, 9.17) is 0 Å². The Hall–Kier alpha value is -0.0800. The molecule has 2 unspecified atom stereocenters. The summed E-state index contributed by atoms with van der Waals surface area (Å²) in [6, 6.07) is 0.833. The average molecular weight is 252 g/mol. The van der Waals surface area contributed by atoms with Crippen LogP contribution < -0.4 is 5.32 Å². The van der Waals surface area contributed by atoms with Crippen molar-refractivity contribution in [2.45, 2.75) is 59.4 Å². The molecule has 2 aliphatic rings. The van der Waals surface area contributed by atoms with Crippen molar-refractivity contribution in [2.24, 2.45) is 17.3 Å².